The first-order valence-corrected chi connectivity index (χ1v) is 12.7. The normalized spacial score (nSPS) is 20.5. The van der Waals surface area contributed by atoms with Gasteiger partial charge in [0.15, 0.2) is 5.65 Å². The number of nitrogens with one attached hydrogen (secondary N) is 1. The molecule has 1 atom stereocenters. The van der Waals surface area contributed by atoms with Crippen LogP contribution in [0.1, 0.15) is 39.9 Å². The fourth-order valence-corrected chi connectivity index (χ4v) is 6.59. The zero-order chi connectivity index (χ0) is 26.7. The molecule has 6 rings (SSSR count). The number of nitrogens with two attached hydrogens (primary N) is 1. The molecule has 35 heavy (non-hydrogen) atoms. The van der Waals surface area contributed by atoms with E-state index in [1.54, 1.807) is 25.5 Å². The van der Waals surface area contributed by atoms with Gasteiger partial charge < -0.3 is 16.0 Å². The Kier molecular flexibility index (Phi) is 4.78. The second kappa shape index (κ2) is 8.65. The molecule has 3 N–H and O–H groups in total. The zero-order valence-corrected chi connectivity index (χ0v) is 20.8. The van der Waals surface area contributed by atoms with Crippen LogP contribution in [0, 0.1) is 12.3 Å². The van der Waals surface area contributed by atoms with E-state index in [1.807, 2.05) is 22.9 Å². The minimum Gasteiger partial charge on any atom is -0.372 e. The van der Waals surface area contributed by atoms with Crippen molar-refractivity contribution in [1.82, 2.24) is 24.3 Å². The molecule has 1 aliphatic heterocycles. The van der Waals surface area contributed by atoms with Gasteiger partial charge in [0.1, 0.15) is 5.82 Å². The topological polar surface area (TPSA) is 97.3 Å². The molecule has 2 aliphatic rings. The van der Waals surface area contributed by atoms with Crippen molar-refractivity contribution < 1.29 is 4.11 Å². The van der Waals surface area contributed by atoms with Crippen molar-refractivity contribution in [2.24, 2.45) is 11.1 Å². The Bertz CT molecular complexity index is 1520. The van der Waals surface area contributed by atoms with Crippen molar-refractivity contribution in [3.05, 3.63) is 65.0 Å². The number of anilines is 2. The molecule has 1 spiro atoms. The summed E-state index contributed by atoms with van der Waals surface area (Å²) in [5, 5.41) is 3.37. The second-order valence-corrected chi connectivity index (χ2v) is 10.5. The lowest BCUT2D eigenvalue weighted by Gasteiger charge is -2.42. The minimum atomic E-state index is -2.45. The highest BCUT2D eigenvalue weighted by Crippen LogP contribution is 2.50. The summed E-state index contributed by atoms with van der Waals surface area (Å²) < 4.78 is 26.8. The number of fused-ring (bicyclic) bond motifs is 2. The van der Waals surface area contributed by atoms with E-state index in [4.69, 9.17) is 26.4 Å². The summed E-state index contributed by atoms with van der Waals surface area (Å²) in [6, 6.07) is 5.73. The van der Waals surface area contributed by atoms with Crippen molar-refractivity contribution in [3.63, 3.8) is 0 Å². The van der Waals surface area contributed by atoms with Crippen LogP contribution >= 0.6 is 23.4 Å². The summed E-state index contributed by atoms with van der Waals surface area (Å²) in [4.78, 5) is 21.4. The Labute approximate surface area is 217 Å². The smallest absolute Gasteiger partial charge is 0.211 e. The zero-order valence-electron chi connectivity index (χ0n) is 22.2. The van der Waals surface area contributed by atoms with Crippen molar-refractivity contribution in [2.75, 3.05) is 30.4 Å². The highest BCUT2D eigenvalue weighted by molar-refractivity contribution is 7.99. The highest BCUT2D eigenvalue weighted by atomic mass is 35.5. The van der Waals surface area contributed by atoms with E-state index >= 15 is 0 Å². The van der Waals surface area contributed by atoms with Gasteiger partial charge in [-0.1, -0.05) is 29.4 Å². The lowest BCUT2D eigenvalue weighted by molar-refractivity contribution is 0.186. The van der Waals surface area contributed by atoms with Crippen LogP contribution < -0.4 is 16.0 Å². The van der Waals surface area contributed by atoms with E-state index in [0.29, 0.717) is 45.3 Å². The van der Waals surface area contributed by atoms with Crippen LogP contribution in [0.3, 0.4) is 0 Å². The summed E-state index contributed by atoms with van der Waals surface area (Å²) in [5.74, 6) is 1.09. The standard InChI is InChI=1S/C25H27ClN8S/c1-15-20(35-18-5-9-30-22(28-2)19(18)26)23-31-10-13-34(23)24(32-15)33-11-6-25(7-12-33)14-17-16(21(25)27)4-3-8-29-17/h3-5,8-10,13,21H,6-7,11-12,14,27H2,1-2H3,(H,28,30)/t21-/m1/s1/i1D3. The molecule has 0 unspecified atom stereocenters. The average molecular weight is 510 g/mol. The second-order valence-electron chi connectivity index (χ2n) is 9.08. The van der Waals surface area contributed by atoms with E-state index in [2.05, 4.69) is 31.2 Å². The van der Waals surface area contributed by atoms with Gasteiger partial charge in [-0.05, 0) is 49.2 Å². The molecule has 0 radical (unpaired) electrons. The van der Waals surface area contributed by atoms with Crippen LogP contribution in [-0.2, 0) is 6.42 Å². The quantitative estimate of drug-likeness (QED) is 0.414. The molecular weight excluding hydrogens is 480 g/mol. The number of piperidine rings is 1. The van der Waals surface area contributed by atoms with E-state index in [0.717, 1.165) is 30.5 Å². The van der Waals surface area contributed by atoms with Gasteiger partial charge >= 0.3 is 0 Å². The first-order chi connectivity index (χ1) is 18.2. The van der Waals surface area contributed by atoms with Crippen LogP contribution in [-0.4, -0.2) is 44.5 Å². The Balaban J connectivity index is 1.36. The number of aromatic nitrogens is 5. The largest absolute Gasteiger partial charge is 0.372 e. The molecule has 1 saturated heterocycles. The van der Waals surface area contributed by atoms with E-state index in [9.17, 15) is 0 Å². The Morgan fingerprint density at radius 2 is 2.06 bits per heavy atom. The van der Waals surface area contributed by atoms with Crippen molar-refractivity contribution in [1.29, 1.82) is 0 Å². The summed E-state index contributed by atoms with van der Waals surface area (Å²) in [7, 11) is 1.73. The van der Waals surface area contributed by atoms with Gasteiger partial charge in [0.05, 0.1) is 15.6 Å². The molecule has 0 saturated carbocycles. The number of imidazole rings is 1. The summed E-state index contributed by atoms with van der Waals surface area (Å²) in [6.07, 6.45) is 9.54. The third-order valence-corrected chi connectivity index (χ3v) is 8.91. The molecule has 4 aromatic heterocycles. The van der Waals surface area contributed by atoms with Gasteiger partial charge in [0.25, 0.3) is 0 Å². The molecule has 8 nitrogen and oxygen atoms in total. The maximum Gasteiger partial charge on any atom is 0.211 e. The maximum absolute atomic E-state index is 8.30. The Morgan fingerprint density at radius 1 is 1.20 bits per heavy atom. The maximum atomic E-state index is 8.30. The van der Waals surface area contributed by atoms with Gasteiger partial charge in [-0.3, -0.25) is 9.38 Å². The lowest BCUT2D eigenvalue weighted by atomic mass is 9.73. The minimum absolute atomic E-state index is 0.00421. The first kappa shape index (κ1) is 19.3. The predicted molar refractivity (Wildman–Crippen MR) is 139 cm³/mol. The molecule has 5 heterocycles. The van der Waals surface area contributed by atoms with Crippen molar-refractivity contribution >= 4 is 40.8 Å². The molecule has 180 valence electrons. The number of halogens is 1. The highest BCUT2D eigenvalue weighted by Gasteiger charge is 2.46. The van der Waals surface area contributed by atoms with Gasteiger partial charge in [0, 0.05) is 65.7 Å². The number of nitrogens with zero attached hydrogens (tertiary/aromatic N) is 6. The molecular formula is C25H27ClN8S. The molecule has 1 aliphatic carbocycles. The number of rotatable bonds is 4. The monoisotopic (exact) mass is 509 g/mol. The third kappa shape index (κ3) is 3.64. The van der Waals surface area contributed by atoms with Crippen molar-refractivity contribution in [3.8, 4) is 0 Å². The molecule has 0 amide bonds. The summed E-state index contributed by atoms with van der Waals surface area (Å²) >= 11 is 7.79. The van der Waals surface area contributed by atoms with E-state index < -0.39 is 6.85 Å². The van der Waals surface area contributed by atoms with Crippen LogP contribution in [0.25, 0.3) is 5.65 Å². The third-order valence-electron chi connectivity index (χ3n) is 7.27. The van der Waals surface area contributed by atoms with E-state index in [-0.39, 0.29) is 17.2 Å². The summed E-state index contributed by atoms with van der Waals surface area (Å²) in [5.41, 5.74) is 9.44. The Morgan fingerprint density at radius 3 is 2.83 bits per heavy atom. The summed E-state index contributed by atoms with van der Waals surface area (Å²) in [6.45, 7) is -1.04. The van der Waals surface area contributed by atoms with Crippen molar-refractivity contribution in [2.45, 2.75) is 41.9 Å². The van der Waals surface area contributed by atoms with Crippen LogP contribution in [0.2, 0.25) is 5.02 Å². The van der Waals surface area contributed by atoms with Gasteiger partial charge in [-0.15, -0.1) is 0 Å². The molecule has 10 heteroatoms. The van der Waals surface area contributed by atoms with E-state index in [1.165, 1.54) is 11.8 Å². The first-order valence-electron chi connectivity index (χ1n) is 13.0. The number of hydrogen-bond acceptors (Lipinski definition) is 8. The predicted octanol–water partition coefficient (Wildman–Crippen LogP) is 4.52. The van der Waals surface area contributed by atoms with Crippen LogP contribution in [0.5, 0.6) is 0 Å². The van der Waals surface area contributed by atoms with Gasteiger partial charge in [-0.2, -0.15) is 0 Å². The Hall–Kier alpha value is -2.88. The SMILES string of the molecule is [2H]C([2H])([2H])c1nc(N2CCC3(CC2)Cc2ncccc2[C@H]3N)n2ccnc2c1Sc1ccnc(NC)c1Cl. The number of pyridine rings is 2. The molecule has 0 bridgehead atoms. The fraction of sp³-hybridized carbons (Fsp3) is 0.360. The fourth-order valence-electron chi connectivity index (χ4n) is 5.34. The molecule has 4 aromatic rings. The lowest BCUT2D eigenvalue weighted by Crippen LogP contribution is -2.45. The van der Waals surface area contributed by atoms with Gasteiger partial charge in [-0.25, -0.2) is 15.0 Å². The average Bonchev–Trinajstić information content (AvgIpc) is 3.49. The van der Waals surface area contributed by atoms with Gasteiger partial charge in [0.2, 0.25) is 5.95 Å². The molecule has 1 fully saturated rings. The number of aryl methyl sites for hydroxylation is 1. The van der Waals surface area contributed by atoms with Crippen LogP contribution in [0.15, 0.2) is 52.8 Å². The van der Waals surface area contributed by atoms with Crippen LogP contribution in [0.4, 0.5) is 11.8 Å². The molecule has 0 aromatic carbocycles. The number of hydrogen-bond donors (Lipinski definition) is 2.